The van der Waals surface area contributed by atoms with E-state index in [0.717, 1.165) is 0 Å². The van der Waals surface area contributed by atoms with E-state index in [4.69, 9.17) is 25.6 Å². The fourth-order valence-electron chi connectivity index (χ4n) is 3.75. The lowest BCUT2D eigenvalue weighted by Crippen LogP contribution is -2.46. The Kier molecular flexibility index (Phi) is 5.25. The topological polar surface area (TPSA) is 86.1 Å². The zero-order valence-electron chi connectivity index (χ0n) is 17.3. The number of amides is 1. The van der Waals surface area contributed by atoms with Crippen molar-refractivity contribution in [3.8, 4) is 0 Å². The highest BCUT2D eigenvalue weighted by atomic mass is 35.5. The van der Waals surface area contributed by atoms with Gasteiger partial charge in [0, 0.05) is 17.0 Å². The van der Waals surface area contributed by atoms with Crippen LogP contribution >= 0.6 is 11.6 Å². The van der Waals surface area contributed by atoms with E-state index >= 15 is 0 Å². The van der Waals surface area contributed by atoms with E-state index in [1.807, 2.05) is 27.7 Å². The van der Waals surface area contributed by atoms with Crippen LogP contribution in [0.1, 0.15) is 27.7 Å². The van der Waals surface area contributed by atoms with Gasteiger partial charge >= 0.3 is 13.2 Å². The van der Waals surface area contributed by atoms with Gasteiger partial charge in [-0.05, 0) is 39.8 Å². The number of nitrogens with zero attached hydrogens (tertiary/aromatic N) is 3. The molecule has 1 N–H and O–H groups in total. The van der Waals surface area contributed by atoms with Gasteiger partial charge in [0.1, 0.15) is 0 Å². The third kappa shape index (κ3) is 3.66. The fraction of sp³-hybridized carbons (Fsp3) is 0.579. The molecule has 30 heavy (non-hydrogen) atoms. The molecule has 8 nitrogen and oxygen atoms in total. The van der Waals surface area contributed by atoms with Gasteiger partial charge in [-0.2, -0.15) is 4.39 Å². The second-order valence-corrected chi connectivity index (χ2v) is 9.11. The van der Waals surface area contributed by atoms with Gasteiger partial charge in [-0.25, -0.2) is 4.79 Å². The first kappa shape index (κ1) is 21.4. The van der Waals surface area contributed by atoms with Gasteiger partial charge < -0.3 is 24.1 Å². The summed E-state index contributed by atoms with van der Waals surface area (Å²) >= 11 is 6.26. The molecule has 1 aromatic heterocycles. The van der Waals surface area contributed by atoms with Crippen molar-refractivity contribution in [2.45, 2.75) is 51.5 Å². The molecule has 2 aromatic rings. The van der Waals surface area contributed by atoms with Crippen LogP contribution in [0.5, 0.6) is 0 Å². The summed E-state index contributed by atoms with van der Waals surface area (Å²) in [5, 5.41) is 13.9. The molecule has 0 spiro atoms. The molecular weight excluding hydrogens is 415 g/mol. The lowest BCUT2D eigenvalue weighted by molar-refractivity contribution is -0.0303. The molecule has 11 heteroatoms. The van der Waals surface area contributed by atoms with Crippen LogP contribution in [0.25, 0.3) is 10.9 Å². The van der Waals surface area contributed by atoms with E-state index in [1.165, 1.54) is 15.6 Å². The van der Waals surface area contributed by atoms with Gasteiger partial charge in [-0.3, -0.25) is 4.68 Å². The van der Waals surface area contributed by atoms with Gasteiger partial charge in [0.2, 0.25) is 5.95 Å². The first-order valence-electron chi connectivity index (χ1n) is 9.79. The minimum Gasteiger partial charge on any atom is -0.465 e. The Balaban J connectivity index is 1.73. The highest BCUT2D eigenvalue weighted by Gasteiger charge is 2.52. The number of hydrogen-bond donors (Lipinski definition) is 1. The predicted molar refractivity (Wildman–Crippen MR) is 110 cm³/mol. The summed E-state index contributed by atoms with van der Waals surface area (Å²) in [6, 6.07) is 3.20. The van der Waals surface area contributed by atoms with E-state index in [2.05, 4.69) is 5.10 Å². The molecule has 1 aromatic carbocycles. The molecule has 4 rings (SSSR count). The number of carbonyl (C=O) groups is 1. The Morgan fingerprint density at radius 1 is 1.33 bits per heavy atom. The van der Waals surface area contributed by atoms with Crippen LogP contribution in [0.3, 0.4) is 0 Å². The SMILES string of the molecule is CC1(C)OB(c2cc(Cl)cc3c(F)nn(CC4CN(C(=O)O)CCO4)c23)OC1(C)C. The molecule has 2 saturated heterocycles. The molecule has 1 amide bonds. The number of benzene rings is 1. The second-order valence-electron chi connectivity index (χ2n) is 8.67. The molecule has 0 radical (unpaired) electrons. The largest absolute Gasteiger partial charge is 0.497 e. The van der Waals surface area contributed by atoms with Crippen molar-refractivity contribution in [1.29, 1.82) is 0 Å². The molecule has 0 aliphatic carbocycles. The third-order valence-corrected chi connectivity index (χ3v) is 6.30. The van der Waals surface area contributed by atoms with Crippen molar-refractivity contribution >= 4 is 41.2 Å². The summed E-state index contributed by atoms with van der Waals surface area (Å²) in [5.74, 6) is -0.670. The molecule has 2 fully saturated rings. The van der Waals surface area contributed by atoms with Crippen LogP contribution in [0, 0.1) is 5.95 Å². The predicted octanol–water partition coefficient (Wildman–Crippen LogP) is 2.51. The van der Waals surface area contributed by atoms with Crippen LogP contribution in [-0.4, -0.2) is 70.0 Å². The first-order chi connectivity index (χ1) is 14.0. The van der Waals surface area contributed by atoms with E-state index in [-0.39, 0.29) is 25.1 Å². The number of ether oxygens (including phenoxy) is 1. The van der Waals surface area contributed by atoms with Crippen LogP contribution in [0.2, 0.25) is 5.02 Å². The lowest BCUT2D eigenvalue weighted by atomic mass is 9.77. The van der Waals surface area contributed by atoms with Crippen LogP contribution < -0.4 is 5.46 Å². The Morgan fingerprint density at radius 3 is 2.63 bits per heavy atom. The summed E-state index contributed by atoms with van der Waals surface area (Å²) in [5.41, 5.74) is -0.0983. The monoisotopic (exact) mass is 439 g/mol. The maximum atomic E-state index is 14.7. The second kappa shape index (κ2) is 7.37. The van der Waals surface area contributed by atoms with Gasteiger partial charge in [-0.15, -0.1) is 5.10 Å². The Labute approximate surface area is 179 Å². The molecule has 3 heterocycles. The number of fused-ring (bicyclic) bond motifs is 1. The number of halogens is 2. The average Bonchev–Trinajstić information content (AvgIpc) is 3.07. The summed E-state index contributed by atoms with van der Waals surface area (Å²) in [6.07, 6.45) is -1.47. The van der Waals surface area contributed by atoms with Gasteiger partial charge in [0.25, 0.3) is 0 Å². The normalized spacial score (nSPS) is 23.3. The minimum atomic E-state index is -1.01. The van der Waals surface area contributed by atoms with Crippen LogP contribution in [0.15, 0.2) is 12.1 Å². The van der Waals surface area contributed by atoms with Crippen molar-refractivity contribution in [3.63, 3.8) is 0 Å². The van der Waals surface area contributed by atoms with Crippen LogP contribution in [-0.2, 0) is 20.6 Å². The highest BCUT2D eigenvalue weighted by Crippen LogP contribution is 2.37. The van der Waals surface area contributed by atoms with Crippen molar-refractivity contribution in [2.24, 2.45) is 0 Å². The van der Waals surface area contributed by atoms with Crippen molar-refractivity contribution in [2.75, 3.05) is 19.7 Å². The number of aromatic nitrogens is 2. The number of rotatable bonds is 3. The third-order valence-electron chi connectivity index (χ3n) is 6.09. The molecule has 2 aliphatic rings. The number of morpholine rings is 1. The maximum absolute atomic E-state index is 14.7. The minimum absolute atomic E-state index is 0.178. The van der Waals surface area contributed by atoms with Crippen molar-refractivity contribution in [1.82, 2.24) is 14.7 Å². The number of hydrogen-bond acceptors (Lipinski definition) is 5. The summed E-state index contributed by atoms with van der Waals surface area (Å²) < 4.78 is 34.2. The van der Waals surface area contributed by atoms with Crippen LogP contribution in [0.4, 0.5) is 9.18 Å². The summed E-state index contributed by atoms with van der Waals surface area (Å²) in [7, 11) is -0.756. The summed E-state index contributed by atoms with van der Waals surface area (Å²) in [4.78, 5) is 12.6. The van der Waals surface area contributed by atoms with E-state index in [1.54, 1.807) is 6.07 Å². The number of carboxylic acid groups (broad SMARTS) is 1. The van der Waals surface area contributed by atoms with E-state index < -0.39 is 36.5 Å². The fourth-order valence-corrected chi connectivity index (χ4v) is 3.98. The highest BCUT2D eigenvalue weighted by molar-refractivity contribution is 6.65. The van der Waals surface area contributed by atoms with E-state index in [0.29, 0.717) is 22.5 Å². The zero-order chi connectivity index (χ0) is 21.8. The molecule has 0 saturated carbocycles. The molecular formula is C19H24BClFN3O5. The summed E-state index contributed by atoms with van der Waals surface area (Å²) in [6.45, 7) is 8.66. The zero-order valence-corrected chi connectivity index (χ0v) is 18.1. The first-order valence-corrected chi connectivity index (χ1v) is 10.2. The Bertz CT molecular complexity index is 982. The van der Waals surface area contributed by atoms with Gasteiger partial charge in [0.15, 0.2) is 0 Å². The Morgan fingerprint density at radius 2 is 2.00 bits per heavy atom. The smallest absolute Gasteiger partial charge is 0.465 e. The Hall–Kier alpha value is -1.88. The quantitative estimate of drug-likeness (QED) is 0.740. The van der Waals surface area contributed by atoms with Gasteiger partial charge in [0.05, 0.1) is 47.9 Å². The molecule has 0 bridgehead atoms. The molecule has 162 valence electrons. The average molecular weight is 440 g/mol. The standard InChI is InChI=1S/C19H24BClFN3O5/c1-18(2)19(3,4)30-20(29-18)14-8-11(21)7-13-15(14)25(23-16(13)22)10-12-9-24(17(26)27)5-6-28-12/h7-8,12H,5-6,9-10H2,1-4H3,(H,26,27). The van der Waals surface area contributed by atoms with Crippen molar-refractivity contribution in [3.05, 3.63) is 23.1 Å². The van der Waals surface area contributed by atoms with E-state index in [9.17, 15) is 14.3 Å². The molecule has 1 unspecified atom stereocenters. The molecule has 2 aliphatic heterocycles. The van der Waals surface area contributed by atoms with Gasteiger partial charge in [-0.1, -0.05) is 11.6 Å². The maximum Gasteiger partial charge on any atom is 0.497 e. The molecule has 1 atom stereocenters. The van der Waals surface area contributed by atoms with Crippen molar-refractivity contribution < 1.29 is 28.3 Å². The lowest BCUT2D eigenvalue weighted by Gasteiger charge is -2.32.